The molecule has 0 spiro atoms. The largest absolute Gasteiger partial charge is 0.508 e. The fourth-order valence-electron chi connectivity index (χ4n) is 1.20. The van der Waals surface area contributed by atoms with Gasteiger partial charge in [0, 0.05) is 17.1 Å². The van der Waals surface area contributed by atoms with E-state index in [-0.39, 0.29) is 11.7 Å². The summed E-state index contributed by atoms with van der Waals surface area (Å²) in [4.78, 5) is 12.1. The van der Waals surface area contributed by atoms with Gasteiger partial charge in [-0.25, -0.2) is 0 Å². The molecular weight excluding hydrogens is 186 g/mol. The number of rotatable bonds is 0. The van der Waals surface area contributed by atoms with Gasteiger partial charge < -0.3 is 10.4 Å². The first-order chi connectivity index (χ1) is 6.25. The Bertz CT molecular complexity index is 351. The molecule has 2 N–H and O–H groups in total. The summed E-state index contributed by atoms with van der Waals surface area (Å²) in [6.45, 7) is 0. The molecule has 0 fully saturated rings. The van der Waals surface area contributed by atoms with Gasteiger partial charge in [0.05, 0.1) is 5.69 Å². The highest BCUT2D eigenvalue weighted by Gasteiger charge is 2.12. The van der Waals surface area contributed by atoms with E-state index in [0.29, 0.717) is 6.42 Å². The molecule has 0 saturated carbocycles. The molecular formula is C9H9NO2S. The Morgan fingerprint density at radius 3 is 3.15 bits per heavy atom. The minimum absolute atomic E-state index is 0.0388. The van der Waals surface area contributed by atoms with Crippen LogP contribution in [0.25, 0.3) is 0 Å². The smallest absolute Gasteiger partial charge is 0.225 e. The topological polar surface area (TPSA) is 49.3 Å². The van der Waals surface area contributed by atoms with Gasteiger partial charge in [-0.2, -0.15) is 0 Å². The SMILES string of the molecule is O=C1CCSc2cc(O)ccc2N1. The van der Waals surface area contributed by atoms with E-state index in [1.54, 1.807) is 30.0 Å². The fraction of sp³-hybridized carbons (Fsp3) is 0.222. The van der Waals surface area contributed by atoms with Gasteiger partial charge in [0.2, 0.25) is 5.91 Å². The maximum absolute atomic E-state index is 11.1. The van der Waals surface area contributed by atoms with Gasteiger partial charge in [-0.15, -0.1) is 11.8 Å². The van der Waals surface area contributed by atoms with Gasteiger partial charge in [-0.05, 0) is 18.2 Å². The van der Waals surface area contributed by atoms with Crippen LogP contribution >= 0.6 is 11.8 Å². The van der Waals surface area contributed by atoms with Crippen LogP contribution in [-0.2, 0) is 4.79 Å². The molecule has 1 heterocycles. The van der Waals surface area contributed by atoms with Crippen molar-refractivity contribution in [2.45, 2.75) is 11.3 Å². The van der Waals surface area contributed by atoms with Crippen LogP contribution in [0.5, 0.6) is 5.75 Å². The maximum Gasteiger partial charge on any atom is 0.225 e. The van der Waals surface area contributed by atoms with E-state index in [1.165, 1.54) is 0 Å². The summed E-state index contributed by atoms with van der Waals surface area (Å²) in [6.07, 6.45) is 0.528. The number of thioether (sulfide) groups is 1. The number of phenolic OH excluding ortho intramolecular Hbond substituents is 1. The molecule has 1 aliphatic rings. The van der Waals surface area contributed by atoms with Gasteiger partial charge in [0.15, 0.2) is 0 Å². The Balaban J connectivity index is 2.40. The van der Waals surface area contributed by atoms with Crippen molar-refractivity contribution in [1.29, 1.82) is 0 Å². The molecule has 0 aromatic heterocycles. The van der Waals surface area contributed by atoms with Crippen LogP contribution in [0.3, 0.4) is 0 Å². The van der Waals surface area contributed by atoms with Crippen molar-refractivity contribution in [1.82, 2.24) is 0 Å². The van der Waals surface area contributed by atoms with Gasteiger partial charge in [0.1, 0.15) is 5.75 Å². The second kappa shape index (κ2) is 3.30. The van der Waals surface area contributed by atoms with Gasteiger partial charge >= 0.3 is 0 Å². The number of anilines is 1. The number of aromatic hydroxyl groups is 1. The van der Waals surface area contributed by atoms with Crippen LogP contribution in [0, 0.1) is 0 Å². The number of fused-ring (bicyclic) bond motifs is 1. The van der Waals surface area contributed by atoms with Crippen molar-refractivity contribution in [2.75, 3.05) is 11.1 Å². The standard InChI is InChI=1S/C9H9NO2S/c11-6-1-2-7-8(5-6)13-4-3-9(12)10-7/h1-2,5,11H,3-4H2,(H,10,12). The lowest BCUT2D eigenvalue weighted by molar-refractivity contribution is -0.115. The Morgan fingerprint density at radius 1 is 1.46 bits per heavy atom. The average Bonchev–Trinajstić information content (AvgIpc) is 2.25. The number of nitrogens with one attached hydrogen (secondary N) is 1. The molecule has 0 aliphatic carbocycles. The molecule has 4 heteroatoms. The van der Waals surface area contributed by atoms with E-state index in [9.17, 15) is 9.90 Å². The fourth-order valence-corrected chi connectivity index (χ4v) is 2.19. The highest BCUT2D eigenvalue weighted by atomic mass is 32.2. The predicted octanol–water partition coefficient (Wildman–Crippen LogP) is 1.83. The molecule has 13 heavy (non-hydrogen) atoms. The van der Waals surface area contributed by atoms with Crippen molar-refractivity contribution in [3.8, 4) is 5.75 Å². The zero-order valence-electron chi connectivity index (χ0n) is 6.91. The minimum Gasteiger partial charge on any atom is -0.508 e. The van der Waals surface area contributed by atoms with Crippen molar-refractivity contribution in [3.05, 3.63) is 18.2 Å². The Hall–Kier alpha value is -1.16. The zero-order valence-corrected chi connectivity index (χ0v) is 7.73. The van der Waals surface area contributed by atoms with E-state index in [4.69, 9.17) is 0 Å². The number of hydrogen-bond acceptors (Lipinski definition) is 3. The van der Waals surface area contributed by atoms with Gasteiger partial charge in [-0.3, -0.25) is 4.79 Å². The van der Waals surface area contributed by atoms with Crippen LogP contribution < -0.4 is 5.32 Å². The summed E-state index contributed by atoms with van der Waals surface area (Å²) in [5.41, 5.74) is 0.797. The Morgan fingerprint density at radius 2 is 2.31 bits per heavy atom. The summed E-state index contributed by atoms with van der Waals surface area (Å²) < 4.78 is 0. The number of amides is 1. The number of benzene rings is 1. The monoisotopic (exact) mass is 195 g/mol. The predicted molar refractivity (Wildman–Crippen MR) is 52.1 cm³/mol. The first kappa shape index (κ1) is 8.44. The third-order valence-corrected chi connectivity index (χ3v) is 2.88. The third-order valence-electron chi connectivity index (χ3n) is 1.83. The van der Waals surface area contributed by atoms with Crippen LogP contribution in [-0.4, -0.2) is 16.8 Å². The highest BCUT2D eigenvalue weighted by Crippen LogP contribution is 2.33. The molecule has 1 amide bonds. The van der Waals surface area contributed by atoms with Crippen molar-refractivity contribution in [2.24, 2.45) is 0 Å². The lowest BCUT2D eigenvalue weighted by atomic mass is 10.3. The first-order valence-corrected chi connectivity index (χ1v) is 5.00. The molecule has 0 saturated heterocycles. The summed E-state index contributed by atoms with van der Waals surface area (Å²) >= 11 is 1.58. The molecule has 2 rings (SSSR count). The summed E-state index contributed by atoms with van der Waals surface area (Å²) in [6, 6.07) is 4.97. The van der Waals surface area contributed by atoms with Crippen molar-refractivity contribution < 1.29 is 9.90 Å². The molecule has 3 nitrogen and oxygen atoms in total. The highest BCUT2D eigenvalue weighted by molar-refractivity contribution is 7.99. The average molecular weight is 195 g/mol. The van der Waals surface area contributed by atoms with E-state index in [2.05, 4.69) is 5.32 Å². The number of hydrogen-bond donors (Lipinski definition) is 2. The van der Waals surface area contributed by atoms with E-state index >= 15 is 0 Å². The number of phenols is 1. The molecule has 68 valence electrons. The van der Waals surface area contributed by atoms with Crippen LogP contribution in [0.1, 0.15) is 6.42 Å². The van der Waals surface area contributed by atoms with Crippen LogP contribution in [0.15, 0.2) is 23.1 Å². The first-order valence-electron chi connectivity index (χ1n) is 4.01. The van der Waals surface area contributed by atoms with E-state index in [1.807, 2.05) is 0 Å². The van der Waals surface area contributed by atoms with Gasteiger partial charge in [0.25, 0.3) is 0 Å². The second-order valence-corrected chi connectivity index (χ2v) is 3.96. The molecule has 0 atom stereocenters. The lowest BCUT2D eigenvalue weighted by Gasteiger charge is -2.05. The Kier molecular flexibility index (Phi) is 2.14. The zero-order chi connectivity index (χ0) is 9.26. The molecule has 1 aliphatic heterocycles. The lowest BCUT2D eigenvalue weighted by Crippen LogP contribution is -2.09. The number of carbonyl (C=O) groups is 1. The molecule has 0 bridgehead atoms. The minimum atomic E-state index is 0.0388. The van der Waals surface area contributed by atoms with Crippen LogP contribution in [0.4, 0.5) is 5.69 Å². The van der Waals surface area contributed by atoms with Crippen LogP contribution in [0.2, 0.25) is 0 Å². The summed E-state index contributed by atoms with van der Waals surface area (Å²) in [7, 11) is 0. The molecule has 0 radical (unpaired) electrons. The normalized spacial score (nSPS) is 15.8. The van der Waals surface area contributed by atoms with Gasteiger partial charge in [-0.1, -0.05) is 0 Å². The molecule has 1 aromatic carbocycles. The molecule has 0 unspecified atom stereocenters. The summed E-state index contributed by atoms with van der Waals surface area (Å²) in [5.74, 6) is 1.04. The molecule has 1 aromatic rings. The quantitative estimate of drug-likeness (QED) is 0.621. The van der Waals surface area contributed by atoms with E-state index < -0.39 is 0 Å². The second-order valence-electron chi connectivity index (χ2n) is 2.83. The third kappa shape index (κ3) is 1.78. The van der Waals surface area contributed by atoms with E-state index in [0.717, 1.165) is 16.3 Å². The van der Waals surface area contributed by atoms with Crippen molar-refractivity contribution >= 4 is 23.4 Å². The maximum atomic E-state index is 11.1. The Labute approximate surface area is 80.1 Å². The number of carbonyl (C=O) groups excluding carboxylic acids is 1. The van der Waals surface area contributed by atoms with Crippen molar-refractivity contribution in [3.63, 3.8) is 0 Å². The summed E-state index contributed by atoms with van der Waals surface area (Å²) in [5, 5.41) is 12.0.